The molecule has 82 heavy (non-hydrogen) atoms. The van der Waals surface area contributed by atoms with Gasteiger partial charge >= 0.3 is 16.4 Å². The maximum absolute atomic E-state index is 13.8. The van der Waals surface area contributed by atoms with Crippen molar-refractivity contribution in [2.45, 2.75) is 241 Å². The Morgan fingerprint density at radius 1 is 0.695 bits per heavy atom. The summed E-state index contributed by atoms with van der Waals surface area (Å²) in [6.45, 7) is 15.9. The third-order valence-corrected chi connectivity index (χ3v) is 21.0. The summed E-state index contributed by atoms with van der Waals surface area (Å²) in [5.74, 6) is -0.0696. The first-order valence-electron chi connectivity index (χ1n) is 28.4. The van der Waals surface area contributed by atoms with Crippen LogP contribution >= 0.6 is 0 Å². The van der Waals surface area contributed by atoms with Crippen LogP contribution in [-0.2, 0) is 76.2 Å². The van der Waals surface area contributed by atoms with E-state index >= 15 is 0 Å². The quantitative estimate of drug-likeness (QED) is 0.0479. The summed E-state index contributed by atoms with van der Waals surface area (Å²) < 4.78 is 111. The van der Waals surface area contributed by atoms with E-state index in [1.54, 1.807) is 0 Å². The van der Waals surface area contributed by atoms with Crippen LogP contribution in [0.15, 0.2) is 23.8 Å². The van der Waals surface area contributed by atoms with Crippen LogP contribution in [0.3, 0.4) is 0 Å². The number of carbonyl (C=O) groups excluding carboxylic acids is 1. The number of allylic oxidation sites excluding steroid dienone is 2. The monoisotopic (exact) mass is 1200 g/mol. The highest BCUT2D eigenvalue weighted by atomic mass is 32.3. The number of carbonyl (C=O) groups is 1. The number of rotatable bonds is 15. The van der Waals surface area contributed by atoms with Crippen molar-refractivity contribution in [3.63, 3.8) is 0 Å². The van der Waals surface area contributed by atoms with Crippen LogP contribution < -0.4 is 0 Å². The fourth-order valence-electron chi connectivity index (χ4n) is 16.3. The zero-order chi connectivity index (χ0) is 59.7. The second-order valence-electron chi connectivity index (χ2n) is 25.5. The van der Waals surface area contributed by atoms with Crippen molar-refractivity contribution in [2.75, 3.05) is 26.9 Å². The Morgan fingerprint density at radius 3 is 1.99 bits per heavy atom. The van der Waals surface area contributed by atoms with Crippen molar-refractivity contribution in [1.29, 1.82) is 0 Å². The third-order valence-electron chi connectivity index (χ3n) is 20.5. The van der Waals surface area contributed by atoms with Crippen LogP contribution in [0.1, 0.15) is 87.0 Å². The Kier molecular flexibility index (Phi) is 17.8. The molecule has 4 aliphatic carbocycles. The molecule has 6 aliphatic heterocycles. The Labute approximate surface area is 475 Å². The van der Waals surface area contributed by atoms with E-state index in [1.807, 2.05) is 6.92 Å². The van der Waals surface area contributed by atoms with E-state index in [-0.39, 0.29) is 41.8 Å². The number of fused-ring (bicyclic) bond motifs is 5. The highest BCUT2D eigenvalue weighted by molar-refractivity contribution is 7.80. The molecule has 0 aromatic rings. The predicted molar refractivity (Wildman–Crippen MR) is 273 cm³/mol. The molecule has 28 heteroatoms. The number of ether oxygens (including phenoxy) is 12. The fraction of sp³-hybridized carbons (Fsp3) is 0.907. The van der Waals surface area contributed by atoms with Gasteiger partial charge in [0.05, 0.1) is 43.5 Å². The van der Waals surface area contributed by atoms with Crippen molar-refractivity contribution >= 4 is 16.4 Å². The minimum absolute atomic E-state index is 0.00958. The molecule has 0 radical (unpaired) electrons. The van der Waals surface area contributed by atoms with Crippen LogP contribution in [0.4, 0.5) is 0 Å². The van der Waals surface area contributed by atoms with Crippen LogP contribution in [0.2, 0.25) is 0 Å². The van der Waals surface area contributed by atoms with Crippen molar-refractivity contribution < 1.29 is 130 Å². The molecule has 31 atom stereocenters. The van der Waals surface area contributed by atoms with E-state index in [1.165, 1.54) is 26.5 Å². The van der Waals surface area contributed by atoms with Gasteiger partial charge in [-0.3, -0.25) is 9.35 Å². The van der Waals surface area contributed by atoms with Gasteiger partial charge in [-0.15, -0.1) is 0 Å². The van der Waals surface area contributed by atoms with Gasteiger partial charge in [0, 0.05) is 18.4 Å². The standard InChI is InChI=1S/C54H84O27S/c1-20(2)31-26-16-53(8)24-10-11-29-51(5,6)30(13-14-52(29,7)23(24)12-15-54(31,53)50(65)75-26)76-48-43(34(59)28(19-71-48)81-82(66,67)68)80-49-44(79-46-36(61)35(60)32(57)21(3)72-46)37(62)40(22(4)73-49)77-47-39(64)42(33(58)27(17-55)74-47)78-45-38(63)41(69-9)25(56)18-70-45/h10,21-23,25-49,55-64H,1,11-19H2,2-9H3,(H,66,67,68)/t21-,22-,23+,25-,26+,27-,28-,29+,30+,31+,32-,33-,34+,35+,36-,37+,38-,39-,40-,41+,42+,43-,44-,45+,46+,47+,48+,49+,52-,53+,54-/m1/s1. The highest BCUT2D eigenvalue weighted by Gasteiger charge is 2.76. The van der Waals surface area contributed by atoms with Gasteiger partial charge in [-0.1, -0.05) is 51.5 Å². The molecule has 3 saturated carbocycles. The zero-order valence-corrected chi connectivity index (χ0v) is 48.0. The third kappa shape index (κ3) is 10.5. The predicted octanol–water partition coefficient (Wildman–Crippen LogP) is -2.02. The van der Waals surface area contributed by atoms with E-state index in [0.717, 1.165) is 18.4 Å². The van der Waals surface area contributed by atoms with Crippen LogP contribution in [-0.4, -0.2) is 250 Å². The van der Waals surface area contributed by atoms with Crippen LogP contribution in [0, 0.1) is 39.4 Å². The molecule has 6 saturated heterocycles. The smallest absolute Gasteiger partial charge is 0.397 e. The summed E-state index contributed by atoms with van der Waals surface area (Å²) in [4.78, 5) is 13.8. The van der Waals surface area contributed by atoms with Gasteiger partial charge in [-0.25, -0.2) is 4.18 Å². The Bertz CT molecular complexity index is 2470. The highest BCUT2D eigenvalue weighted by Crippen LogP contribution is 2.76. The SMILES string of the molecule is C=C(C)[C@H]1[C@@H]2C[C@@]3(C)C4=CC[C@H]5C(C)(C)[C@@H](O[C@@H]6OC[C@@H](OS(=O)(=O)O)[C@H](O)[C@H]6O[C@@H]6O[C@H](C)[C@@H](O[C@@H]7O[C@H](CO)[C@@H](O)[C@H](O[C@@H]8OC[C@@H](O)[C@H](OC)[C@H]8O)[C@H]7O)[C@H](O)[C@H]6O[C@@H]6O[C@H](C)[C@@H](O)[C@H](O)[C@H]6O)CC[C@]5(C)[C@H]4CC[C@]13C(=O)O2. The van der Waals surface area contributed by atoms with Gasteiger partial charge in [-0.05, 0) is 82.0 Å². The topological polar surface area (TPSA) is 394 Å². The summed E-state index contributed by atoms with van der Waals surface area (Å²) in [5.41, 5.74) is 0.247. The average molecular weight is 1200 g/mol. The molecular weight excluding hydrogens is 1110 g/mol. The number of esters is 1. The van der Waals surface area contributed by atoms with Crippen molar-refractivity contribution in [2.24, 2.45) is 39.4 Å². The largest absolute Gasteiger partial charge is 0.461 e. The number of hydrogen-bond acceptors (Lipinski definition) is 26. The average Bonchev–Trinajstić information content (AvgIpc) is 1.84. The molecule has 11 N–H and O–H groups in total. The van der Waals surface area contributed by atoms with Crippen LogP contribution in [0.25, 0.3) is 0 Å². The lowest BCUT2D eigenvalue weighted by molar-refractivity contribution is -0.404. The first-order chi connectivity index (χ1) is 38.4. The minimum atomic E-state index is -5.24. The van der Waals surface area contributed by atoms with Crippen LogP contribution in [0.5, 0.6) is 0 Å². The molecule has 9 fully saturated rings. The molecule has 0 amide bonds. The summed E-state index contributed by atoms with van der Waals surface area (Å²) in [6, 6.07) is 0. The second kappa shape index (κ2) is 23.2. The fourth-order valence-corrected chi connectivity index (χ4v) is 16.8. The van der Waals surface area contributed by atoms with Gasteiger partial charge in [0.25, 0.3) is 0 Å². The summed E-state index contributed by atoms with van der Waals surface area (Å²) in [6.07, 6.45) is -33.6. The lowest BCUT2D eigenvalue weighted by Gasteiger charge is -2.64. The lowest BCUT2D eigenvalue weighted by Crippen LogP contribution is -2.68. The minimum Gasteiger partial charge on any atom is -0.461 e. The molecule has 1 spiro atoms. The first-order valence-corrected chi connectivity index (χ1v) is 29.8. The summed E-state index contributed by atoms with van der Waals surface area (Å²) in [5, 5.41) is 112. The Hall–Kier alpha value is -2.02. The lowest BCUT2D eigenvalue weighted by atomic mass is 9.40. The number of methoxy groups -OCH3 is 1. The molecule has 0 unspecified atom stereocenters. The molecule has 10 rings (SSSR count). The van der Waals surface area contributed by atoms with Gasteiger partial charge in [0.2, 0.25) is 0 Å². The molecular formula is C54H84O27S. The molecule has 2 bridgehead atoms. The Morgan fingerprint density at radius 2 is 1.32 bits per heavy atom. The zero-order valence-electron chi connectivity index (χ0n) is 47.2. The van der Waals surface area contributed by atoms with Gasteiger partial charge in [-0.2, -0.15) is 8.42 Å². The number of aliphatic hydroxyl groups is 10. The second-order valence-corrected chi connectivity index (χ2v) is 26.6. The van der Waals surface area contributed by atoms with E-state index in [9.17, 15) is 68.8 Å². The molecule has 0 aromatic heterocycles. The van der Waals surface area contributed by atoms with E-state index in [4.69, 9.17) is 61.0 Å². The van der Waals surface area contributed by atoms with E-state index in [2.05, 4.69) is 40.3 Å². The molecule has 10 aliphatic rings. The Balaban J connectivity index is 0.919. The van der Waals surface area contributed by atoms with Gasteiger partial charge in [0.15, 0.2) is 31.5 Å². The van der Waals surface area contributed by atoms with E-state index < -0.39 is 187 Å². The van der Waals surface area contributed by atoms with Gasteiger partial charge in [0.1, 0.15) is 104 Å². The van der Waals surface area contributed by atoms with Crippen molar-refractivity contribution in [1.82, 2.24) is 0 Å². The molecule has 27 nitrogen and oxygen atoms in total. The van der Waals surface area contributed by atoms with Crippen molar-refractivity contribution in [3.05, 3.63) is 23.8 Å². The summed E-state index contributed by atoms with van der Waals surface area (Å²) >= 11 is 0. The molecule has 6 heterocycles. The molecule has 0 aromatic carbocycles. The molecule has 468 valence electrons. The van der Waals surface area contributed by atoms with Crippen molar-refractivity contribution in [3.8, 4) is 0 Å². The van der Waals surface area contributed by atoms with Gasteiger partial charge < -0.3 is 108 Å². The normalized spacial score (nSPS) is 52.9. The number of aliphatic hydroxyl groups excluding tert-OH is 10. The first kappa shape index (κ1) is 63.0. The summed E-state index contributed by atoms with van der Waals surface area (Å²) in [7, 11) is -4.01. The van der Waals surface area contributed by atoms with E-state index in [0.29, 0.717) is 25.7 Å². The number of hydrogen-bond donors (Lipinski definition) is 11. The maximum atomic E-state index is 13.8. The maximum Gasteiger partial charge on any atom is 0.397 e.